The normalized spacial score (nSPS) is 12.7. The molecule has 16 heavy (non-hydrogen) atoms. The van der Waals surface area contributed by atoms with Crippen LogP contribution in [0.5, 0.6) is 5.95 Å². The van der Waals surface area contributed by atoms with Crippen molar-refractivity contribution in [3.63, 3.8) is 0 Å². The number of ether oxygens (including phenoxy) is 2. The van der Waals surface area contributed by atoms with Crippen LogP contribution in [-0.4, -0.2) is 26.9 Å². The van der Waals surface area contributed by atoms with Gasteiger partial charge in [-0.2, -0.15) is 0 Å². The van der Waals surface area contributed by atoms with Crippen LogP contribution in [0.15, 0.2) is 16.5 Å². The van der Waals surface area contributed by atoms with Gasteiger partial charge in [0.2, 0.25) is 0 Å². The highest BCUT2D eigenvalue weighted by molar-refractivity contribution is 5.14. The van der Waals surface area contributed by atoms with Gasteiger partial charge in [-0.25, -0.2) is 0 Å². The zero-order valence-electron chi connectivity index (χ0n) is 10.3. The summed E-state index contributed by atoms with van der Waals surface area (Å²) in [5.74, 6) is 1.49. The SMILES string of the molecule is CCOc1ccc(C(C)NCCCOC)o1. The van der Waals surface area contributed by atoms with Gasteiger partial charge in [0.1, 0.15) is 5.76 Å². The molecule has 1 atom stereocenters. The van der Waals surface area contributed by atoms with Gasteiger partial charge in [-0.05, 0) is 32.9 Å². The van der Waals surface area contributed by atoms with Crippen molar-refractivity contribution in [1.29, 1.82) is 0 Å². The van der Waals surface area contributed by atoms with E-state index in [0.29, 0.717) is 12.6 Å². The molecule has 0 fully saturated rings. The molecule has 0 aliphatic heterocycles. The van der Waals surface area contributed by atoms with Crippen molar-refractivity contribution in [3.05, 3.63) is 17.9 Å². The first-order valence-corrected chi connectivity index (χ1v) is 5.72. The lowest BCUT2D eigenvalue weighted by molar-refractivity contribution is 0.192. The Kier molecular flexibility index (Phi) is 5.96. The number of methoxy groups -OCH3 is 1. The first kappa shape index (κ1) is 13.1. The molecule has 4 heteroatoms. The molecule has 0 saturated carbocycles. The first-order chi connectivity index (χ1) is 7.77. The molecule has 0 spiro atoms. The Morgan fingerprint density at radius 3 is 2.94 bits per heavy atom. The van der Waals surface area contributed by atoms with Gasteiger partial charge in [-0.1, -0.05) is 0 Å². The molecule has 0 saturated heterocycles. The van der Waals surface area contributed by atoms with Gasteiger partial charge in [-0.15, -0.1) is 0 Å². The highest BCUT2D eigenvalue weighted by Crippen LogP contribution is 2.21. The van der Waals surface area contributed by atoms with Crippen molar-refractivity contribution in [2.24, 2.45) is 0 Å². The maximum atomic E-state index is 5.53. The molecular weight excluding hydrogens is 206 g/mol. The lowest BCUT2D eigenvalue weighted by atomic mass is 10.2. The molecule has 0 aliphatic rings. The smallest absolute Gasteiger partial charge is 0.284 e. The molecular formula is C12H21NO3. The molecule has 4 nitrogen and oxygen atoms in total. The first-order valence-electron chi connectivity index (χ1n) is 5.72. The third-order valence-corrected chi connectivity index (χ3v) is 2.29. The molecule has 0 bridgehead atoms. The number of hydrogen-bond acceptors (Lipinski definition) is 4. The topological polar surface area (TPSA) is 43.6 Å². The predicted molar refractivity (Wildman–Crippen MR) is 62.8 cm³/mol. The van der Waals surface area contributed by atoms with E-state index in [0.717, 1.165) is 25.3 Å². The maximum absolute atomic E-state index is 5.53. The van der Waals surface area contributed by atoms with E-state index < -0.39 is 0 Å². The van der Waals surface area contributed by atoms with Crippen LogP contribution in [0.3, 0.4) is 0 Å². The van der Waals surface area contributed by atoms with E-state index in [9.17, 15) is 0 Å². The Labute approximate surface area is 96.9 Å². The van der Waals surface area contributed by atoms with Crippen LogP contribution in [0.1, 0.15) is 32.1 Å². The van der Waals surface area contributed by atoms with Gasteiger partial charge in [0, 0.05) is 19.8 Å². The average molecular weight is 227 g/mol. The summed E-state index contributed by atoms with van der Waals surface area (Å²) < 4.78 is 15.8. The van der Waals surface area contributed by atoms with Crippen molar-refractivity contribution >= 4 is 0 Å². The Balaban J connectivity index is 2.31. The Bertz CT molecular complexity index is 286. The highest BCUT2D eigenvalue weighted by atomic mass is 16.6. The van der Waals surface area contributed by atoms with E-state index in [1.165, 1.54) is 0 Å². The van der Waals surface area contributed by atoms with E-state index in [2.05, 4.69) is 12.2 Å². The van der Waals surface area contributed by atoms with E-state index in [4.69, 9.17) is 13.9 Å². The highest BCUT2D eigenvalue weighted by Gasteiger charge is 2.09. The zero-order chi connectivity index (χ0) is 11.8. The predicted octanol–water partition coefficient (Wildman–Crippen LogP) is 2.37. The Morgan fingerprint density at radius 1 is 1.44 bits per heavy atom. The summed E-state index contributed by atoms with van der Waals surface area (Å²) in [6, 6.07) is 4.00. The average Bonchev–Trinajstić information content (AvgIpc) is 2.73. The Hall–Kier alpha value is -1.00. The minimum atomic E-state index is 0.200. The Morgan fingerprint density at radius 2 is 2.25 bits per heavy atom. The molecule has 1 aromatic rings. The van der Waals surface area contributed by atoms with Gasteiger partial charge in [0.25, 0.3) is 5.95 Å². The van der Waals surface area contributed by atoms with Crippen molar-refractivity contribution < 1.29 is 13.9 Å². The lowest BCUT2D eigenvalue weighted by Gasteiger charge is -2.10. The molecule has 0 amide bonds. The number of hydrogen-bond donors (Lipinski definition) is 1. The quantitative estimate of drug-likeness (QED) is 0.692. The number of rotatable bonds is 8. The second kappa shape index (κ2) is 7.30. The van der Waals surface area contributed by atoms with E-state index in [1.807, 2.05) is 19.1 Å². The standard InChI is InChI=1S/C12H21NO3/c1-4-15-12-7-6-11(16-12)10(2)13-8-5-9-14-3/h6-7,10,13H,4-5,8-9H2,1-3H3. The second-order valence-electron chi connectivity index (χ2n) is 3.61. The van der Waals surface area contributed by atoms with Crippen LogP contribution in [-0.2, 0) is 4.74 Å². The van der Waals surface area contributed by atoms with Gasteiger partial charge in [-0.3, -0.25) is 0 Å². The zero-order valence-corrected chi connectivity index (χ0v) is 10.3. The number of nitrogens with one attached hydrogen (secondary N) is 1. The van der Waals surface area contributed by atoms with Crippen LogP contribution < -0.4 is 10.1 Å². The monoisotopic (exact) mass is 227 g/mol. The van der Waals surface area contributed by atoms with E-state index in [-0.39, 0.29) is 6.04 Å². The van der Waals surface area contributed by atoms with Crippen molar-refractivity contribution in [1.82, 2.24) is 5.32 Å². The van der Waals surface area contributed by atoms with Crippen molar-refractivity contribution in [2.75, 3.05) is 26.9 Å². The molecule has 1 unspecified atom stereocenters. The maximum Gasteiger partial charge on any atom is 0.284 e. The van der Waals surface area contributed by atoms with Crippen molar-refractivity contribution in [2.45, 2.75) is 26.3 Å². The number of furan rings is 1. The van der Waals surface area contributed by atoms with Gasteiger partial charge < -0.3 is 19.2 Å². The van der Waals surface area contributed by atoms with E-state index in [1.54, 1.807) is 7.11 Å². The molecule has 0 radical (unpaired) electrons. The molecule has 1 aromatic heterocycles. The van der Waals surface area contributed by atoms with E-state index >= 15 is 0 Å². The summed E-state index contributed by atoms with van der Waals surface area (Å²) in [5.41, 5.74) is 0. The fourth-order valence-corrected chi connectivity index (χ4v) is 1.42. The van der Waals surface area contributed by atoms with Gasteiger partial charge >= 0.3 is 0 Å². The van der Waals surface area contributed by atoms with Gasteiger partial charge in [0.05, 0.1) is 12.6 Å². The van der Waals surface area contributed by atoms with Crippen LogP contribution in [0.25, 0.3) is 0 Å². The molecule has 1 N–H and O–H groups in total. The van der Waals surface area contributed by atoms with Crippen LogP contribution in [0, 0.1) is 0 Å². The summed E-state index contributed by atoms with van der Waals surface area (Å²) in [4.78, 5) is 0. The fraction of sp³-hybridized carbons (Fsp3) is 0.667. The van der Waals surface area contributed by atoms with Crippen molar-refractivity contribution in [3.8, 4) is 5.95 Å². The molecule has 1 rings (SSSR count). The lowest BCUT2D eigenvalue weighted by Crippen LogP contribution is -2.20. The van der Waals surface area contributed by atoms with Gasteiger partial charge in [0.15, 0.2) is 0 Å². The molecule has 0 aromatic carbocycles. The van der Waals surface area contributed by atoms with Crippen LogP contribution in [0.2, 0.25) is 0 Å². The van der Waals surface area contributed by atoms with Crippen LogP contribution in [0.4, 0.5) is 0 Å². The molecule has 1 heterocycles. The summed E-state index contributed by atoms with van der Waals surface area (Å²) >= 11 is 0. The minimum absolute atomic E-state index is 0.200. The molecule has 0 aliphatic carbocycles. The fourth-order valence-electron chi connectivity index (χ4n) is 1.42. The second-order valence-corrected chi connectivity index (χ2v) is 3.61. The summed E-state index contributed by atoms with van der Waals surface area (Å²) in [5, 5.41) is 3.36. The third-order valence-electron chi connectivity index (χ3n) is 2.29. The summed E-state index contributed by atoms with van der Waals surface area (Å²) in [7, 11) is 1.71. The van der Waals surface area contributed by atoms with Crippen LogP contribution >= 0.6 is 0 Å². The summed E-state index contributed by atoms with van der Waals surface area (Å²) in [6.07, 6.45) is 1.000. The molecule has 92 valence electrons. The largest absolute Gasteiger partial charge is 0.465 e. The summed E-state index contributed by atoms with van der Waals surface area (Å²) in [6.45, 7) is 6.33. The third kappa shape index (κ3) is 4.24. The minimum Gasteiger partial charge on any atom is -0.465 e.